The number of nitrogens with zero attached hydrogens (tertiary/aromatic N) is 2. The van der Waals surface area contributed by atoms with E-state index in [1.54, 1.807) is 0 Å². The Balaban J connectivity index is 1.34. The van der Waals surface area contributed by atoms with Gasteiger partial charge in [-0.3, -0.25) is 0 Å². The molecule has 10 rings (SSSR count). The van der Waals surface area contributed by atoms with Crippen LogP contribution in [-0.4, -0.2) is 6.71 Å². The summed E-state index contributed by atoms with van der Waals surface area (Å²) in [6, 6.07) is 51.6. The fraction of sp³-hybridized carbons (Fsp3) is 0.0732. The minimum Gasteiger partial charge on any atom is -0.311 e. The smallest absolute Gasteiger partial charge is 0.254 e. The monoisotopic (exact) mass is 592 g/mol. The highest BCUT2D eigenvalue weighted by molar-refractivity contribution is 7.27. The predicted octanol–water partition coefficient (Wildman–Crippen LogP) is 9.29. The van der Waals surface area contributed by atoms with Gasteiger partial charge < -0.3 is 9.80 Å². The lowest BCUT2D eigenvalue weighted by Crippen LogP contribution is -2.61. The minimum atomic E-state index is -0.0342. The molecule has 1 aromatic heterocycles. The Labute approximate surface area is 267 Å². The molecule has 0 saturated carbocycles. The number of anilines is 6. The summed E-state index contributed by atoms with van der Waals surface area (Å²) >= 11 is 1.97. The van der Waals surface area contributed by atoms with Crippen molar-refractivity contribution in [1.82, 2.24) is 0 Å². The zero-order valence-corrected chi connectivity index (χ0v) is 26.0. The van der Waals surface area contributed by atoms with Gasteiger partial charge in [0.05, 0.1) is 5.00 Å². The van der Waals surface area contributed by atoms with Crippen molar-refractivity contribution in [2.24, 2.45) is 0 Å². The van der Waals surface area contributed by atoms with Gasteiger partial charge >= 0.3 is 0 Å². The zero-order chi connectivity index (χ0) is 29.9. The number of fused-ring (bicyclic) bond motifs is 10. The lowest BCUT2D eigenvalue weighted by molar-refractivity contribution is 0.661. The van der Waals surface area contributed by atoms with Gasteiger partial charge in [0.15, 0.2) is 0 Å². The number of hydrogen-bond acceptors (Lipinski definition) is 3. The van der Waals surface area contributed by atoms with E-state index in [-0.39, 0.29) is 12.1 Å². The molecule has 212 valence electrons. The van der Waals surface area contributed by atoms with Crippen LogP contribution in [0.5, 0.6) is 0 Å². The average molecular weight is 593 g/mol. The van der Waals surface area contributed by atoms with Gasteiger partial charge in [-0.1, -0.05) is 111 Å². The summed E-state index contributed by atoms with van der Waals surface area (Å²) in [5.74, 6) is 0. The summed E-state index contributed by atoms with van der Waals surface area (Å²) in [6.07, 6.45) is 0. The van der Waals surface area contributed by atoms with Crippen molar-refractivity contribution < 1.29 is 0 Å². The molecule has 0 N–H and O–H groups in total. The molecular weight excluding hydrogens is 563 g/mol. The van der Waals surface area contributed by atoms with Crippen LogP contribution in [-0.2, 0) is 5.41 Å². The van der Waals surface area contributed by atoms with Gasteiger partial charge in [0.2, 0.25) is 0 Å². The molecule has 0 unspecified atom stereocenters. The molecule has 45 heavy (non-hydrogen) atoms. The Kier molecular flexibility index (Phi) is 5.06. The summed E-state index contributed by atoms with van der Waals surface area (Å²) < 4.78 is 1.40. The minimum absolute atomic E-state index is 0.0342. The highest BCUT2D eigenvalue weighted by atomic mass is 32.1. The third kappa shape index (κ3) is 3.25. The summed E-state index contributed by atoms with van der Waals surface area (Å²) in [6.45, 7) is 4.88. The molecule has 6 aromatic carbocycles. The third-order valence-electron chi connectivity index (χ3n) is 10.3. The first-order valence-electron chi connectivity index (χ1n) is 15.7. The van der Waals surface area contributed by atoms with Gasteiger partial charge in [0.25, 0.3) is 6.71 Å². The molecule has 0 bridgehead atoms. The first-order valence-corrected chi connectivity index (χ1v) is 16.6. The lowest BCUT2D eigenvalue weighted by Gasteiger charge is -2.43. The van der Waals surface area contributed by atoms with E-state index >= 15 is 0 Å². The zero-order valence-electron chi connectivity index (χ0n) is 25.2. The van der Waals surface area contributed by atoms with Crippen molar-refractivity contribution in [1.29, 1.82) is 0 Å². The van der Waals surface area contributed by atoms with Crippen LogP contribution in [0.2, 0.25) is 0 Å². The molecule has 3 heterocycles. The molecule has 0 saturated heterocycles. The second kappa shape index (κ2) is 9.00. The van der Waals surface area contributed by atoms with E-state index in [0.717, 1.165) is 0 Å². The number of rotatable bonds is 2. The normalized spacial score (nSPS) is 14.9. The summed E-state index contributed by atoms with van der Waals surface area (Å²) in [4.78, 5) is 4.99. The van der Waals surface area contributed by atoms with E-state index in [1.807, 2.05) is 11.3 Å². The van der Waals surface area contributed by atoms with Crippen LogP contribution in [0, 0.1) is 0 Å². The van der Waals surface area contributed by atoms with Crippen molar-refractivity contribution in [3.05, 3.63) is 151 Å². The average Bonchev–Trinajstić information content (AvgIpc) is 3.58. The highest BCUT2D eigenvalue weighted by Gasteiger charge is 2.46. The lowest BCUT2D eigenvalue weighted by atomic mass is 9.33. The maximum Gasteiger partial charge on any atom is 0.254 e. The van der Waals surface area contributed by atoms with Gasteiger partial charge in [0.1, 0.15) is 0 Å². The molecule has 4 heteroatoms. The number of para-hydroxylation sites is 3. The van der Waals surface area contributed by atoms with Crippen LogP contribution in [0.1, 0.15) is 25.0 Å². The summed E-state index contributed by atoms with van der Waals surface area (Å²) in [5.41, 5.74) is 15.9. The van der Waals surface area contributed by atoms with Gasteiger partial charge in [-0.2, -0.15) is 0 Å². The number of hydrogen-bond donors (Lipinski definition) is 0. The molecule has 2 nitrogen and oxygen atoms in total. The van der Waals surface area contributed by atoms with Crippen molar-refractivity contribution in [2.45, 2.75) is 19.3 Å². The van der Waals surface area contributed by atoms with E-state index in [9.17, 15) is 0 Å². The first kappa shape index (κ1) is 25.3. The SMILES string of the molecule is CC1(C)c2ccccc2-c2c1ccc1c3c(sc21)N(c1ccccc1)c1cccc2c1B3c1ccccc1N2c1ccccc1. The van der Waals surface area contributed by atoms with Gasteiger partial charge in [0, 0.05) is 44.1 Å². The van der Waals surface area contributed by atoms with Gasteiger partial charge in [-0.05, 0) is 80.9 Å². The van der Waals surface area contributed by atoms with Crippen molar-refractivity contribution in [2.75, 3.05) is 9.80 Å². The van der Waals surface area contributed by atoms with E-state index in [1.165, 1.54) is 82.2 Å². The quantitative estimate of drug-likeness (QED) is 0.185. The third-order valence-corrected chi connectivity index (χ3v) is 11.5. The van der Waals surface area contributed by atoms with Crippen LogP contribution in [0.3, 0.4) is 0 Å². The number of benzene rings is 6. The molecule has 0 amide bonds. The Hall–Kier alpha value is -5.06. The van der Waals surface area contributed by atoms with Gasteiger partial charge in [-0.15, -0.1) is 11.3 Å². The first-order chi connectivity index (χ1) is 22.1. The molecule has 1 aliphatic carbocycles. The fourth-order valence-electron chi connectivity index (χ4n) is 8.34. The Morgan fingerprint density at radius 2 is 1.16 bits per heavy atom. The largest absolute Gasteiger partial charge is 0.311 e. The second-order valence-corrected chi connectivity index (χ2v) is 13.9. The molecule has 7 aromatic rings. The van der Waals surface area contributed by atoms with E-state index < -0.39 is 0 Å². The van der Waals surface area contributed by atoms with Crippen molar-refractivity contribution >= 4 is 78.0 Å². The predicted molar refractivity (Wildman–Crippen MR) is 193 cm³/mol. The maximum atomic E-state index is 2.53. The molecule has 0 atom stereocenters. The van der Waals surface area contributed by atoms with E-state index in [0.29, 0.717) is 0 Å². The Bertz CT molecular complexity index is 2320. The second-order valence-electron chi connectivity index (χ2n) is 12.9. The fourth-order valence-corrected chi connectivity index (χ4v) is 9.77. The van der Waals surface area contributed by atoms with Crippen LogP contribution in [0.15, 0.2) is 140 Å². The topological polar surface area (TPSA) is 6.48 Å². The molecule has 0 spiro atoms. The van der Waals surface area contributed by atoms with Crippen molar-refractivity contribution in [3.8, 4) is 11.1 Å². The van der Waals surface area contributed by atoms with Crippen LogP contribution in [0.4, 0.5) is 33.4 Å². The van der Waals surface area contributed by atoms with E-state index in [2.05, 4.69) is 163 Å². The Morgan fingerprint density at radius 3 is 1.93 bits per heavy atom. The highest BCUT2D eigenvalue weighted by Crippen LogP contribution is 2.55. The Morgan fingerprint density at radius 1 is 0.533 bits per heavy atom. The molecular formula is C41H29BN2S. The standard InChI is InChI=1S/C41H29BN2S/c1-41(2)30-19-10-9-18-28(30)36-31(41)25-24-29-37-40(45-39(29)36)44(27-16-7-4-8-17-27)35-23-13-22-34-38(35)42(37)32-20-11-12-21-33(32)43(34)26-14-5-3-6-15-26/h3-25H,1-2H3. The van der Waals surface area contributed by atoms with Crippen LogP contribution >= 0.6 is 11.3 Å². The summed E-state index contributed by atoms with van der Waals surface area (Å²) in [7, 11) is 0. The number of thiophene rings is 1. The van der Waals surface area contributed by atoms with Crippen LogP contribution in [0.25, 0.3) is 21.2 Å². The van der Waals surface area contributed by atoms with Gasteiger partial charge in [-0.25, -0.2) is 0 Å². The molecule has 3 aliphatic rings. The molecule has 0 fully saturated rings. The molecule has 0 radical (unpaired) electrons. The molecule has 2 aliphatic heterocycles. The summed E-state index contributed by atoms with van der Waals surface area (Å²) in [5, 5.41) is 2.69. The van der Waals surface area contributed by atoms with E-state index in [4.69, 9.17) is 0 Å². The van der Waals surface area contributed by atoms with Crippen molar-refractivity contribution in [3.63, 3.8) is 0 Å². The maximum absolute atomic E-state index is 2.53. The van der Waals surface area contributed by atoms with Crippen LogP contribution < -0.4 is 26.2 Å².